The van der Waals surface area contributed by atoms with E-state index in [2.05, 4.69) is 31.3 Å². The summed E-state index contributed by atoms with van der Waals surface area (Å²) in [4.78, 5) is 68.8. The second kappa shape index (κ2) is 13.0. The molecule has 2 aromatic heterocycles. The summed E-state index contributed by atoms with van der Waals surface area (Å²) in [7, 11) is 0. The largest absolute Gasteiger partial charge is 0.482 e. The molecule has 4 amide bonds. The van der Waals surface area contributed by atoms with E-state index < -0.39 is 29.7 Å². The van der Waals surface area contributed by atoms with Crippen LogP contribution in [0.3, 0.4) is 0 Å². The number of carbonyl (C=O) groups excluding carboxylic acids is 4. The van der Waals surface area contributed by atoms with E-state index in [4.69, 9.17) is 16.3 Å². The Labute approximate surface area is 288 Å². The van der Waals surface area contributed by atoms with E-state index in [1.54, 1.807) is 55.5 Å². The Hall–Kier alpha value is -6.28. The predicted octanol–water partition coefficient (Wildman–Crippen LogP) is 4.32. The quantitative estimate of drug-likeness (QED) is 0.157. The number of nitrogens with zero attached hydrogens (tertiary/aromatic N) is 3. The first-order chi connectivity index (χ1) is 24.1. The first-order valence-electron chi connectivity index (χ1n) is 15.5. The Morgan fingerprint density at radius 1 is 1.04 bits per heavy atom. The lowest BCUT2D eigenvalue weighted by Gasteiger charge is -2.18. The highest BCUT2D eigenvalue weighted by Gasteiger charge is 2.30. The van der Waals surface area contributed by atoms with Crippen LogP contribution in [0, 0.1) is 6.92 Å². The molecule has 0 fully saturated rings. The van der Waals surface area contributed by atoms with Gasteiger partial charge >= 0.3 is 5.97 Å². The molecule has 1 aliphatic heterocycles. The summed E-state index contributed by atoms with van der Waals surface area (Å²) in [5.41, 5.74) is 3.72. The van der Waals surface area contributed by atoms with Crippen LogP contribution in [0.15, 0.2) is 66.9 Å². The van der Waals surface area contributed by atoms with Crippen LogP contribution in [0.1, 0.15) is 76.4 Å². The summed E-state index contributed by atoms with van der Waals surface area (Å²) < 4.78 is 6.59. The molecule has 0 bridgehead atoms. The van der Waals surface area contributed by atoms with Gasteiger partial charge in [-0.25, -0.2) is 14.3 Å². The molecule has 5 aromatic rings. The molecule has 0 radical (unpaired) electrons. The summed E-state index contributed by atoms with van der Waals surface area (Å²) in [6, 6.07) is 15.8. The van der Waals surface area contributed by atoms with E-state index in [0.29, 0.717) is 46.1 Å². The normalized spacial score (nSPS) is 14.6. The molecule has 3 heterocycles. The number of fused-ring (bicyclic) bond motifs is 3. The SMILES string of the molecule is Cc1c(C(=O)O)ccc2c1CC[C@@H]2NC(=O)c1cc(C(=O)NCc2ccc3c(c2)NC(=O)CO3)nc2c(C(=O)Nc3ccccc3Cl)cnn12. The molecule has 50 heavy (non-hydrogen) atoms. The fourth-order valence-corrected chi connectivity index (χ4v) is 6.34. The zero-order chi connectivity index (χ0) is 35.1. The van der Waals surface area contributed by atoms with Gasteiger partial charge in [-0.3, -0.25) is 19.2 Å². The Morgan fingerprint density at radius 3 is 2.66 bits per heavy atom. The Kier molecular flexibility index (Phi) is 8.37. The standard InChI is InChI=1S/C35H28ClN7O7/c1-17-19-9-10-24(21(19)8-7-20(17)35(48)49)41-34(47)28-13-27(33(46)37-14-18-6-11-29-26(12-18)39-30(44)16-50-29)40-31-22(15-38-43(28)31)32(45)42-25-5-3-2-4-23(25)36/h2-8,11-13,15,24H,9-10,14,16H2,1H3,(H,37,46)(H,39,44)(H,41,47)(H,42,45)(H,48,49)/t24-/m0/s1. The van der Waals surface area contributed by atoms with Gasteiger partial charge in [-0.05, 0) is 72.4 Å². The van der Waals surface area contributed by atoms with Crippen LogP contribution in [0.4, 0.5) is 11.4 Å². The van der Waals surface area contributed by atoms with Crippen LogP contribution < -0.4 is 26.0 Å². The van der Waals surface area contributed by atoms with Crippen LogP contribution in [0.2, 0.25) is 5.02 Å². The third-order valence-electron chi connectivity index (χ3n) is 8.66. The number of ether oxygens (including phenoxy) is 1. The van der Waals surface area contributed by atoms with Gasteiger partial charge in [0.1, 0.15) is 22.7 Å². The van der Waals surface area contributed by atoms with Gasteiger partial charge in [0.2, 0.25) is 0 Å². The molecule has 0 spiro atoms. The number of halogens is 1. The maximum Gasteiger partial charge on any atom is 0.335 e. The first-order valence-corrected chi connectivity index (χ1v) is 15.9. The number of carbonyl (C=O) groups is 5. The summed E-state index contributed by atoms with van der Waals surface area (Å²) in [5.74, 6) is -2.65. The lowest BCUT2D eigenvalue weighted by atomic mass is 9.98. The molecule has 5 N–H and O–H groups in total. The summed E-state index contributed by atoms with van der Waals surface area (Å²) in [5, 5.41) is 25.4. The summed E-state index contributed by atoms with van der Waals surface area (Å²) >= 11 is 6.25. The fraction of sp³-hybridized carbons (Fsp3) is 0.171. The van der Waals surface area contributed by atoms with Crippen molar-refractivity contribution in [3.63, 3.8) is 0 Å². The number of rotatable bonds is 8. The Bertz CT molecular complexity index is 2270. The maximum atomic E-state index is 13.9. The first kappa shape index (κ1) is 32.3. The number of aromatic carboxylic acids is 1. The summed E-state index contributed by atoms with van der Waals surface area (Å²) in [6.45, 7) is 1.71. The lowest BCUT2D eigenvalue weighted by molar-refractivity contribution is -0.118. The number of carboxylic acid groups (broad SMARTS) is 1. The van der Waals surface area contributed by atoms with Crippen LogP contribution in [0.5, 0.6) is 5.75 Å². The van der Waals surface area contributed by atoms with Gasteiger partial charge in [0.15, 0.2) is 12.3 Å². The van der Waals surface area contributed by atoms with Crippen LogP contribution in [-0.2, 0) is 17.8 Å². The number of carboxylic acids is 1. The van der Waals surface area contributed by atoms with Gasteiger partial charge in [0, 0.05) is 12.6 Å². The molecule has 3 aromatic carbocycles. The zero-order valence-corrected chi connectivity index (χ0v) is 27.1. The molecular weight excluding hydrogens is 666 g/mol. The van der Waals surface area contributed by atoms with Crippen molar-refractivity contribution >= 4 is 58.2 Å². The molecule has 0 unspecified atom stereocenters. The summed E-state index contributed by atoms with van der Waals surface area (Å²) in [6.07, 6.45) is 2.35. The monoisotopic (exact) mass is 693 g/mol. The molecular formula is C35H28ClN7O7. The highest BCUT2D eigenvalue weighted by atomic mass is 35.5. The zero-order valence-electron chi connectivity index (χ0n) is 26.4. The van der Waals surface area contributed by atoms with E-state index in [0.717, 1.165) is 11.1 Å². The average Bonchev–Trinajstić information content (AvgIpc) is 3.72. The van der Waals surface area contributed by atoms with Gasteiger partial charge in [-0.1, -0.05) is 35.9 Å². The van der Waals surface area contributed by atoms with E-state index >= 15 is 0 Å². The fourth-order valence-electron chi connectivity index (χ4n) is 6.16. The molecule has 7 rings (SSSR count). The molecule has 15 heteroatoms. The topological polar surface area (TPSA) is 193 Å². The van der Waals surface area contributed by atoms with Crippen molar-refractivity contribution < 1.29 is 33.8 Å². The second-order valence-corrected chi connectivity index (χ2v) is 12.2. The number of amides is 4. The minimum absolute atomic E-state index is 0.0120. The second-order valence-electron chi connectivity index (χ2n) is 11.8. The molecule has 1 aliphatic carbocycles. The predicted molar refractivity (Wildman–Crippen MR) is 181 cm³/mol. The van der Waals surface area contributed by atoms with Crippen molar-refractivity contribution in [1.29, 1.82) is 0 Å². The van der Waals surface area contributed by atoms with E-state index in [-0.39, 0.29) is 47.2 Å². The molecule has 252 valence electrons. The molecule has 1 atom stereocenters. The van der Waals surface area contributed by atoms with Crippen LogP contribution in [0.25, 0.3) is 5.65 Å². The highest BCUT2D eigenvalue weighted by molar-refractivity contribution is 6.34. The molecule has 0 saturated heterocycles. The Balaban J connectivity index is 1.20. The minimum atomic E-state index is -1.02. The lowest BCUT2D eigenvalue weighted by Crippen LogP contribution is -2.31. The molecule has 0 saturated carbocycles. The van der Waals surface area contributed by atoms with Crippen molar-refractivity contribution in [1.82, 2.24) is 25.2 Å². The highest BCUT2D eigenvalue weighted by Crippen LogP contribution is 2.35. The van der Waals surface area contributed by atoms with Crippen molar-refractivity contribution in [2.75, 3.05) is 17.2 Å². The smallest absolute Gasteiger partial charge is 0.335 e. The van der Waals surface area contributed by atoms with Crippen molar-refractivity contribution in [3.05, 3.63) is 117 Å². The van der Waals surface area contributed by atoms with Crippen molar-refractivity contribution in [2.45, 2.75) is 32.4 Å². The number of hydrogen-bond acceptors (Lipinski definition) is 8. The number of aromatic nitrogens is 3. The number of hydrogen-bond donors (Lipinski definition) is 5. The van der Waals surface area contributed by atoms with Gasteiger partial charge in [0.05, 0.1) is 34.2 Å². The third-order valence-corrected chi connectivity index (χ3v) is 8.99. The number of benzene rings is 3. The average molecular weight is 694 g/mol. The van der Waals surface area contributed by atoms with E-state index in [1.165, 1.54) is 22.8 Å². The number of nitrogens with one attached hydrogen (secondary N) is 4. The van der Waals surface area contributed by atoms with Crippen molar-refractivity contribution in [3.8, 4) is 5.75 Å². The maximum absolute atomic E-state index is 13.9. The minimum Gasteiger partial charge on any atom is -0.482 e. The van der Waals surface area contributed by atoms with Gasteiger partial charge in [0.25, 0.3) is 23.6 Å². The van der Waals surface area contributed by atoms with Gasteiger partial charge in [-0.15, -0.1) is 0 Å². The van der Waals surface area contributed by atoms with Crippen LogP contribution in [-0.4, -0.2) is 55.9 Å². The molecule has 14 nitrogen and oxygen atoms in total. The number of para-hydroxylation sites is 1. The van der Waals surface area contributed by atoms with Crippen molar-refractivity contribution in [2.24, 2.45) is 0 Å². The number of anilines is 2. The Morgan fingerprint density at radius 2 is 1.86 bits per heavy atom. The van der Waals surface area contributed by atoms with E-state index in [9.17, 15) is 29.1 Å². The van der Waals surface area contributed by atoms with Gasteiger partial charge in [-0.2, -0.15) is 5.10 Å². The van der Waals surface area contributed by atoms with Gasteiger partial charge < -0.3 is 31.1 Å². The molecule has 2 aliphatic rings. The third kappa shape index (κ3) is 6.07. The van der Waals surface area contributed by atoms with Crippen LogP contribution >= 0.6 is 11.6 Å². The van der Waals surface area contributed by atoms with E-state index in [1.807, 2.05) is 0 Å².